The summed E-state index contributed by atoms with van der Waals surface area (Å²) in [7, 11) is -3.53. The van der Waals surface area contributed by atoms with Crippen molar-refractivity contribution in [1.82, 2.24) is 24.3 Å². The SMILES string of the molecule is Cc1n[nH]c(C)c1S(=O)(=O)N1CCN(CC(=O)N2CCCCC2)CC1. The van der Waals surface area contributed by atoms with Crippen molar-refractivity contribution in [3.8, 4) is 0 Å². The highest BCUT2D eigenvalue weighted by Gasteiger charge is 2.33. The van der Waals surface area contributed by atoms with E-state index >= 15 is 0 Å². The Balaban J connectivity index is 1.57. The fraction of sp³-hybridized carbons (Fsp3) is 0.750. The molecular weight excluding hydrogens is 342 g/mol. The molecule has 1 N–H and O–H groups in total. The smallest absolute Gasteiger partial charge is 0.246 e. The summed E-state index contributed by atoms with van der Waals surface area (Å²) in [5.41, 5.74) is 1.07. The first-order chi connectivity index (χ1) is 11.9. The molecule has 0 bridgehead atoms. The predicted octanol–water partition coefficient (Wildman–Crippen LogP) is 0.345. The molecule has 9 heteroatoms. The lowest BCUT2D eigenvalue weighted by Gasteiger charge is -2.35. The molecule has 2 aliphatic heterocycles. The van der Waals surface area contributed by atoms with E-state index in [-0.39, 0.29) is 10.8 Å². The molecular formula is C16H27N5O3S. The number of piperidine rings is 1. The van der Waals surface area contributed by atoms with Gasteiger partial charge in [-0.1, -0.05) is 0 Å². The van der Waals surface area contributed by atoms with Crippen molar-refractivity contribution in [2.75, 3.05) is 45.8 Å². The number of nitrogens with one attached hydrogen (secondary N) is 1. The second-order valence-corrected chi connectivity index (χ2v) is 8.76. The number of amides is 1. The van der Waals surface area contributed by atoms with Crippen LogP contribution in [0.2, 0.25) is 0 Å². The Morgan fingerprint density at radius 3 is 2.24 bits per heavy atom. The molecule has 0 spiro atoms. The average Bonchev–Trinajstić information content (AvgIpc) is 2.95. The van der Waals surface area contributed by atoms with Crippen molar-refractivity contribution in [2.24, 2.45) is 0 Å². The number of carbonyl (C=O) groups excluding carboxylic acids is 1. The normalized spacial score (nSPS) is 20.8. The monoisotopic (exact) mass is 369 g/mol. The summed E-state index contributed by atoms with van der Waals surface area (Å²) in [5, 5.41) is 6.73. The summed E-state index contributed by atoms with van der Waals surface area (Å²) < 4.78 is 27.2. The maximum atomic E-state index is 12.8. The molecule has 0 saturated carbocycles. The van der Waals surface area contributed by atoms with E-state index < -0.39 is 10.0 Å². The molecule has 0 aromatic carbocycles. The van der Waals surface area contributed by atoms with E-state index in [1.807, 2.05) is 4.90 Å². The second kappa shape index (κ2) is 7.43. The molecule has 2 fully saturated rings. The highest BCUT2D eigenvalue weighted by atomic mass is 32.2. The lowest BCUT2D eigenvalue weighted by molar-refractivity contribution is -0.133. The third-order valence-corrected chi connectivity index (χ3v) is 7.22. The Hall–Kier alpha value is -1.45. The zero-order chi connectivity index (χ0) is 18.0. The van der Waals surface area contributed by atoms with Gasteiger partial charge in [-0.2, -0.15) is 9.40 Å². The van der Waals surface area contributed by atoms with Crippen molar-refractivity contribution >= 4 is 15.9 Å². The lowest BCUT2D eigenvalue weighted by Crippen LogP contribution is -2.52. The van der Waals surface area contributed by atoms with Crippen molar-refractivity contribution < 1.29 is 13.2 Å². The number of H-pyrrole nitrogens is 1. The van der Waals surface area contributed by atoms with Crippen molar-refractivity contribution in [2.45, 2.75) is 38.0 Å². The minimum atomic E-state index is -3.53. The fourth-order valence-corrected chi connectivity index (χ4v) is 5.37. The lowest BCUT2D eigenvalue weighted by atomic mass is 10.1. The van der Waals surface area contributed by atoms with Gasteiger partial charge >= 0.3 is 0 Å². The number of sulfonamides is 1. The average molecular weight is 369 g/mol. The van der Waals surface area contributed by atoms with Crippen LogP contribution >= 0.6 is 0 Å². The number of likely N-dealkylation sites (tertiary alicyclic amines) is 1. The van der Waals surface area contributed by atoms with Crippen LogP contribution in [0.4, 0.5) is 0 Å². The minimum absolute atomic E-state index is 0.164. The molecule has 0 radical (unpaired) electrons. The van der Waals surface area contributed by atoms with Gasteiger partial charge < -0.3 is 4.90 Å². The van der Waals surface area contributed by atoms with Gasteiger partial charge in [0.25, 0.3) is 0 Å². The van der Waals surface area contributed by atoms with E-state index in [9.17, 15) is 13.2 Å². The third kappa shape index (κ3) is 3.88. The maximum Gasteiger partial charge on any atom is 0.246 e. The van der Waals surface area contributed by atoms with E-state index in [1.54, 1.807) is 13.8 Å². The summed E-state index contributed by atoms with van der Waals surface area (Å²) in [6.07, 6.45) is 3.37. The Morgan fingerprint density at radius 2 is 1.68 bits per heavy atom. The fourth-order valence-electron chi connectivity index (χ4n) is 3.61. The van der Waals surface area contributed by atoms with Crippen molar-refractivity contribution in [3.63, 3.8) is 0 Å². The first-order valence-corrected chi connectivity index (χ1v) is 10.4. The zero-order valence-electron chi connectivity index (χ0n) is 15.0. The first-order valence-electron chi connectivity index (χ1n) is 8.91. The Morgan fingerprint density at radius 1 is 1.04 bits per heavy atom. The van der Waals surface area contributed by atoms with Gasteiger partial charge in [-0.05, 0) is 33.1 Å². The highest BCUT2D eigenvalue weighted by Crippen LogP contribution is 2.22. The molecule has 1 amide bonds. The molecule has 25 heavy (non-hydrogen) atoms. The van der Waals surface area contributed by atoms with Crippen LogP contribution in [0.15, 0.2) is 4.90 Å². The number of carbonyl (C=O) groups is 1. The first kappa shape index (κ1) is 18.3. The number of aromatic amines is 1. The molecule has 140 valence electrons. The van der Waals surface area contributed by atoms with E-state index in [2.05, 4.69) is 15.1 Å². The highest BCUT2D eigenvalue weighted by molar-refractivity contribution is 7.89. The molecule has 1 aromatic rings. The third-order valence-electron chi connectivity index (χ3n) is 5.06. The van der Waals surface area contributed by atoms with E-state index in [1.165, 1.54) is 10.7 Å². The molecule has 0 unspecified atom stereocenters. The van der Waals surface area contributed by atoms with Crippen LogP contribution in [0, 0.1) is 13.8 Å². The Kier molecular flexibility index (Phi) is 5.45. The standard InChI is InChI=1S/C16H27N5O3S/c1-13-16(14(2)18-17-13)25(23,24)21-10-8-19(9-11-21)12-15(22)20-6-4-3-5-7-20/h3-12H2,1-2H3,(H,17,18). The molecule has 8 nitrogen and oxygen atoms in total. The van der Waals surface area contributed by atoms with Crippen LogP contribution in [0.1, 0.15) is 30.7 Å². The molecule has 0 atom stereocenters. The second-order valence-electron chi connectivity index (χ2n) is 6.88. The molecule has 3 rings (SSSR count). The molecule has 0 aliphatic carbocycles. The van der Waals surface area contributed by atoms with E-state index in [0.717, 1.165) is 25.9 Å². The van der Waals surface area contributed by atoms with E-state index in [0.29, 0.717) is 44.1 Å². The number of nitrogens with zero attached hydrogens (tertiary/aromatic N) is 4. The van der Waals surface area contributed by atoms with Gasteiger partial charge in [-0.15, -0.1) is 0 Å². The predicted molar refractivity (Wildman–Crippen MR) is 93.7 cm³/mol. The number of aromatic nitrogens is 2. The molecule has 2 aliphatic rings. The number of aryl methyl sites for hydroxylation is 2. The Bertz CT molecular complexity index is 697. The van der Waals surface area contributed by atoms with Crippen LogP contribution in [0.3, 0.4) is 0 Å². The molecule has 1 aromatic heterocycles. The quantitative estimate of drug-likeness (QED) is 0.827. The largest absolute Gasteiger partial charge is 0.342 e. The van der Waals surface area contributed by atoms with Gasteiger partial charge in [0.2, 0.25) is 15.9 Å². The number of hydrogen-bond donors (Lipinski definition) is 1. The topological polar surface area (TPSA) is 89.6 Å². The Labute approximate surface area is 149 Å². The van der Waals surface area contributed by atoms with Gasteiger partial charge in [0, 0.05) is 39.3 Å². The van der Waals surface area contributed by atoms with Gasteiger partial charge in [0.15, 0.2) is 0 Å². The molecule has 3 heterocycles. The van der Waals surface area contributed by atoms with E-state index in [4.69, 9.17) is 0 Å². The van der Waals surface area contributed by atoms with Crippen LogP contribution < -0.4 is 0 Å². The number of rotatable bonds is 4. The maximum absolute atomic E-state index is 12.8. The van der Waals surface area contributed by atoms with Crippen molar-refractivity contribution in [3.05, 3.63) is 11.4 Å². The van der Waals surface area contributed by atoms with Crippen molar-refractivity contribution in [1.29, 1.82) is 0 Å². The number of piperazine rings is 1. The van der Waals surface area contributed by atoms with Crippen LogP contribution in [-0.4, -0.2) is 84.4 Å². The summed E-state index contributed by atoms with van der Waals surface area (Å²) in [5.74, 6) is 0.164. The van der Waals surface area contributed by atoms with Crippen LogP contribution in [0.25, 0.3) is 0 Å². The zero-order valence-corrected chi connectivity index (χ0v) is 15.8. The van der Waals surface area contributed by atoms with Gasteiger partial charge in [-0.3, -0.25) is 14.8 Å². The summed E-state index contributed by atoms with van der Waals surface area (Å²) >= 11 is 0. The summed E-state index contributed by atoms with van der Waals surface area (Å²) in [4.78, 5) is 16.6. The number of hydrogen-bond acceptors (Lipinski definition) is 5. The van der Waals surface area contributed by atoms with Crippen LogP contribution in [0.5, 0.6) is 0 Å². The van der Waals surface area contributed by atoms with Gasteiger partial charge in [0.1, 0.15) is 4.90 Å². The summed E-state index contributed by atoms with van der Waals surface area (Å²) in [6, 6.07) is 0. The van der Waals surface area contributed by atoms with Gasteiger partial charge in [0.05, 0.1) is 17.9 Å². The minimum Gasteiger partial charge on any atom is -0.342 e. The summed E-state index contributed by atoms with van der Waals surface area (Å²) in [6.45, 7) is 7.48. The molecule has 2 saturated heterocycles. The van der Waals surface area contributed by atoms with Gasteiger partial charge in [-0.25, -0.2) is 8.42 Å². The van der Waals surface area contributed by atoms with Crippen LogP contribution in [-0.2, 0) is 14.8 Å².